The van der Waals surface area contributed by atoms with E-state index in [0.29, 0.717) is 6.54 Å². The number of nitrogens with zero attached hydrogens (tertiary/aromatic N) is 2. The zero-order chi connectivity index (χ0) is 8.10. The lowest BCUT2D eigenvalue weighted by atomic mass is 10.6. The average molecular weight is 170 g/mol. The van der Waals surface area contributed by atoms with Gasteiger partial charge >= 0.3 is 0 Å². The van der Waals surface area contributed by atoms with Gasteiger partial charge in [-0.15, -0.1) is 6.58 Å². The second-order valence-corrected chi connectivity index (χ2v) is 2.93. The van der Waals surface area contributed by atoms with Gasteiger partial charge in [0, 0.05) is 6.54 Å². The standard InChI is InChI=1S/C7H10N2OS/c1-2-4-8(7-10)9-5-3-6-11-9/h2-3,6-7H,1,4-5H2. The summed E-state index contributed by atoms with van der Waals surface area (Å²) in [6.45, 7) is 4.92. The van der Waals surface area contributed by atoms with Crippen molar-refractivity contribution in [3.63, 3.8) is 0 Å². The van der Waals surface area contributed by atoms with E-state index in [0.717, 1.165) is 13.0 Å². The monoisotopic (exact) mass is 170 g/mol. The summed E-state index contributed by atoms with van der Waals surface area (Å²) in [6, 6.07) is 0. The van der Waals surface area contributed by atoms with Crippen LogP contribution in [0.3, 0.4) is 0 Å². The second kappa shape index (κ2) is 4.20. The molecule has 1 aliphatic heterocycles. The summed E-state index contributed by atoms with van der Waals surface area (Å²) in [4.78, 5) is 10.5. The maximum atomic E-state index is 10.5. The fourth-order valence-electron chi connectivity index (χ4n) is 0.774. The highest BCUT2D eigenvalue weighted by Crippen LogP contribution is 2.19. The Morgan fingerprint density at radius 1 is 1.82 bits per heavy atom. The summed E-state index contributed by atoms with van der Waals surface area (Å²) >= 11 is 1.51. The summed E-state index contributed by atoms with van der Waals surface area (Å²) < 4.78 is 1.87. The number of carbonyl (C=O) groups is 1. The van der Waals surface area contributed by atoms with Crippen LogP contribution >= 0.6 is 11.9 Å². The Balaban J connectivity index is 2.41. The van der Waals surface area contributed by atoms with E-state index in [4.69, 9.17) is 0 Å². The van der Waals surface area contributed by atoms with E-state index >= 15 is 0 Å². The van der Waals surface area contributed by atoms with Crippen molar-refractivity contribution in [2.24, 2.45) is 0 Å². The van der Waals surface area contributed by atoms with Crippen LogP contribution in [0.5, 0.6) is 0 Å². The van der Waals surface area contributed by atoms with Gasteiger partial charge in [0.25, 0.3) is 0 Å². The van der Waals surface area contributed by atoms with Crippen molar-refractivity contribution in [3.8, 4) is 0 Å². The maximum Gasteiger partial charge on any atom is 0.225 e. The number of hydrogen-bond acceptors (Lipinski definition) is 3. The van der Waals surface area contributed by atoms with Gasteiger partial charge in [-0.05, 0) is 17.4 Å². The van der Waals surface area contributed by atoms with Crippen LogP contribution in [0, 0.1) is 0 Å². The fraction of sp³-hybridized carbons (Fsp3) is 0.286. The highest BCUT2D eigenvalue weighted by molar-refractivity contribution is 8.00. The van der Waals surface area contributed by atoms with E-state index in [1.54, 1.807) is 11.1 Å². The Morgan fingerprint density at radius 2 is 2.64 bits per heavy atom. The second-order valence-electron chi connectivity index (χ2n) is 2.03. The Morgan fingerprint density at radius 3 is 3.09 bits per heavy atom. The maximum absolute atomic E-state index is 10.5. The summed E-state index contributed by atoms with van der Waals surface area (Å²) in [5.41, 5.74) is 0. The first-order valence-corrected chi connectivity index (χ1v) is 4.14. The van der Waals surface area contributed by atoms with Gasteiger partial charge in [0.15, 0.2) is 0 Å². The Bertz CT molecular complexity index is 173. The van der Waals surface area contributed by atoms with Crippen molar-refractivity contribution in [1.29, 1.82) is 0 Å². The Labute approximate surface area is 70.5 Å². The lowest BCUT2D eigenvalue weighted by molar-refractivity contribution is -0.125. The predicted octanol–water partition coefficient (Wildman–Crippen LogP) is 1.02. The zero-order valence-electron chi connectivity index (χ0n) is 6.14. The van der Waals surface area contributed by atoms with E-state index in [2.05, 4.69) is 6.58 Å². The number of rotatable bonds is 4. The van der Waals surface area contributed by atoms with Crippen LogP contribution in [-0.2, 0) is 4.79 Å². The molecule has 0 bridgehead atoms. The molecule has 0 aromatic heterocycles. The molecule has 0 radical (unpaired) electrons. The van der Waals surface area contributed by atoms with Crippen molar-refractivity contribution in [1.82, 2.24) is 9.42 Å². The molecular formula is C7H10N2OS. The van der Waals surface area contributed by atoms with Gasteiger partial charge < -0.3 is 0 Å². The van der Waals surface area contributed by atoms with Gasteiger partial charge in [-0.25, -0.2) is 0 Å². The molecule has 1 heterocycles. The van der Waals surface area contributed by atoms with Crippen molar-refractivity contribution in [2.75, 3.05) is 13.1 Å². The Hall–Kier alpha value is -0.740. The highest BCUT2D eigenvalue weighted by atomic mass is 32.2. The van der Waals surface area contributed by atoms with Gasteiger partial charge in [0.05, 0.1) is 6.54 Å². The van der Waals surface area contributed by atoms with Crippen molar-refractivity contribution in [3.05, 3.63) is 24.1 Å². The minimum Gasteiger partial charge on any atom is -0.277 e. The van der Waals surface area contributed by atoms with E-state index in [1.165, 1.54) is 11.9 Å². The molecule has 0 aromatic carbocycles. The summed E-state index contributed by atoms with van der Waals surface area (Å²) in [5.74, 6) is 0. The molecule has 0 N–H and O–H groups in total. The Kier molecular flexibility index (Phi) is 3.19. The topological polar surface area (TPSA) is 23.6 Å². The van der Waals surface area contributed by atoms with Crippen molar-refractivity contribution in [2.45, 2.75) is 0 Å². The molecule has 1 rings (SSSR count). The molecule has 1 aliphatic rings. The normalized spacial score (nSPS) is 16.7. The molecule has 4 heteroatoms. The molecule has 3 nitrogen and oxygen atoms in total. The third-order valence-electron chi connectivity index (χ3n) is 1.26. The number of carbonyl (C=O) groups excluding carboxylic acids is 1. The van der Waals surface area contributed by atoms with E-state index in [-0.39, 0.29) is 0 Å². The molecule has 0 saturated carbocycles. The summed E-state index contributed by atoms with van der Waals surface area (Å²) in [7, 11) is 0. The molecule has 11 heavy (non-hydrogen) atoms. The lowest BCUT2D eigenvalue weighted by Crippen LogP contribution is -2.35. The van der Waals surface area contributed by atoms with Crippen LogP contribution in [0.4, 0.5) is 0 Å². The molecule has 0 spiro atoms. The molecular weight excluding hydrogens is 160 g/mol. The molecule has 0 unspecified atom stereocenters. The van der Waals surface area contributed by atoms with Crippen molar-refractivity contribution >= 4 is 18.4 Å². The molecule has 0 aliphatic carbocycles. The number of amides is 1. The summed E-state index contributed by atoms with van der Waals surface area (Å²) in [5, 5.41) is 3.54. The number of hydrazine groups is 1. The van der Waals surface area contributed by atoms with Crippen LogP contribution in [0.2, 0.25) is 0 Å². The first kappa shape index (κ1) is 8.36. The molecule has 60 valence electrons. The van der Waals surface area contributed by atoms with Gasteiger partial charge in [-0.3, -0.25) is 9.80 Å². The lowest BCUT2D eigenvalue weighted by Gasteiger charge is -2.24. The van der Waals surface area contributed by atoms with Gasteiger partial charge in [0.1, 0.15) is 0 Å². The molecule has 0 saturated heterocycles. The largest absolute Gasteiger partial charge is 0.277 e. The van der Waals surface area contributed by atoms with Crippen LogP contribution in [0.1, 0.15) is 0 Å². The molecule has 0 atom stereocenters. The third-order valence-corrected chi connectivity index (χ3v) is 2.18. The van der Waals surface area contributed by atoms with Crippen LogP contribution in [0.15, 0.2) is 24.1 Å². The SMILES string of the molecule is C=CCN(C=O)N1CC=CS1. The van der Waals surface area contributed by atoms with Crippen LogP contribution in [-0.4, -0.2) is 28.9 Å². The minimum atomic E-state index is 0.568. The van der Waals surface area contributed by atoms with Gasteiger partial charge in [-0.1, -0.05) is 12.2 Å². The van der Waals surface area contributed by atoms with E-state index in [9.17, 15) is 4.79 Å². The van der Waals surface area contributed by atoms with Gasteiger partial charge in [-0.2, -0.15) is 4.41 Å². The summed E-state index contributed by atoms with van der Waals surface area (Å²) in [6.07, 6.45) is 4.51. The predicted molar refractivity (Wildman–Crippen MR) is 46.4 cm³/mol. The first-order chi connectivity index (χ1) is 5.38. The zero-order valence-corrected chi connectivity index (χ0v) is 6.96. The van der Waals surface area contributed by atoms with Gasteiger partial charge in [0.2, 0.25) is 6.41 Å². The minimum absolute atomic E-state index is 0.568. The van der Waals surface area contributed by atoms with Crippen LogP contribution in [0.25, 0.3) is 0 Å². The highest BCUT2D eigenvalue weighted by Gasteiger charge is 2.13. The fourth-order valence-corrected chi connectivity index (χ4v) is 1.48. The first-order valence-electron chi connectivity index (χ1n) is 3.30. The van der Waals surface area contributed by atoms with Crippen molar-refractivity contribution < 1.29 is 4.79 Å². The van der Waals surface area contributed by atoms with E-state index in [1.807, 2.05) is 15.9 Å². The molecule has 0 aromatic rings. The molecule has 0 fully saturated rings. The van der Waals surface area contributed by atoms with Crippen LogP contribution < -0.4 is 0 Å². The number of hydrogen-bond donors (Lipinski definition) is 0. The van der Waals surface area contributed by atoms with E-state index < -0.39 is 0 Å². The molecule has 1 amide bonds. The average Bonchev–Trinajstić information content (AvgIpc) is 2.52. The quantitative estimate of drug-likeness (QED) is 0.357. The smallest absolute Gasteiger partial charge is 0.225 e. The third kappa shape index (κ3) is 2.10.